The fraction of sp³-hybridized carbons (Fsp3) is 0.444. The normalized spacial score (nSPS) is 16.4. The number of nitrogens with one attached hydrogen (secondary N) is 1. The lowest BCUT2D eigenvalue weighted by atomic mass is 9.73. The van der Waals surface area contributed by atoms with Crippen LogP contribution in [0.1, 0.15) is 43.8 Å². The maximum absolute atomic E-state index is 12.8. The second kappa shape index (κ2) is 12.9. The Labute approximate surface area is 226 Å². The van der Waals surface area contributed by atoms with Crippen LogP contribution in [0.5, 0.6) is 5.75 Å². The zero-order valence-electron chi connectivity index (χ0n) is 20.9. The molecule has 0 saturated carbocycles. The van der Waals surface area contributed by atoms with Crippen molar-refractivity contribution in [3.05, 3.63) is 59.5 Å². The van der Waals surface area contributed by atoms with Gasteiger partial charge in [-0.1, -0.05) is 11.6 Å². The molecule has 4 rings (SSSR count). The van der Waals surface area contributed by atoms with Crippen LogP contribution in [0.15, 0.2) is 53.8 Å². The number of carbonyl (C=O) groups is 1. The number of methoxy groups -OCH3 is 1. The number of aliphatic hydroxyl groups is 1. The van der Waals surface area contributed by atoms with Crippen LogP contribution in [0.2, 0.25) is 5.02 Å². The standard InChI is InChI=1S/C27H33ClN4O4S/c1-36-19-3-4-23-21(17-19)25(22(28)18-30-23)24(33)5-8-27(26(34)31-35)9-14-32(15-10-27)13-2-16-37-20-6-11-29-12-7-20/h3-4,6-7,11-12,17-18,24,33,35H,2,5,8-10,13-16H2,1H3,(H,31,34). The lowest BCUT2D eigenvalue weighted by molar-refractivity contribution is -0.143. The van der Waals surface area contributed by atoms with Gasteiger partial charge in [0.15, 0.2) is 0 Å². The van der Waals surface area contributed by atoms with Gasteiger partial charge in [0.05, 0.1) is 29.2 Å². The molecule has 1 unspecified atom stereocenters. The number of nitrogens with zero attached hydrogens (tertiary/aromatic N) is 3. The monoisotopic (exact) mass is 544 g/mol. The van der Waals surface area contributed by atoms with Crippen molar-refractivity contribution in [3.63, 3.8) is 0 Å². The summed E-state index contributed by atoms with van der Waals surface area (Å²) in [6.45, 7) is 2.48. The van der Waals surface area contributed by atoms with Crippen LogP contribution in [0.25, 0.3) is 10.9 Å². The van der Waals surface area contributed by atoms with E-state index in [1.54, 1.807) is 19.5 Å². The maximum Gasteiger partial charge on any atom is 0.249 e. The molecule has 1 atom stereocenters. The fourth-order valence-electron chi connectivity index (χ4n) is 5.02. The van der Waals surface area contributed by atoms with Gasteiger partial charge in [-0.2, -0.15) is 0 Å². The van der Waals surface area contributed by atoms with Crippen molar-refractivity contribution in [2.75, 3.05) is 32.5 Å². The van der Waals surface area contributed by atoms with Crippen molar-refractivity contribution in [2.24, 2.45) is 5.41 Å². The third kappa shape index (κ3) is 6.72. The van der Waals surface area contributed by atoms with E-state index in [9.17, 15) is 15.1 Å². The molecule has 10 heteroatoms. The van der Waals surface area contributed by atoms with Crippen LogP contribution >= 0.6 is 23.4 Å². The number of hydroxylamine groups is 1. The highest BCUT2D eigenvalue weighted by Crippen LogP contribution is 2.41. The van der Waals surface area contributed by atoms with Gasteiger partial charge in [-0.05, 0) is 87.8 Å². The number of thioether (sulfide) groups is 1. The molecule has 1 aliphatic rings. The minimum atomic E-state index is -0.892. The van der Waals surface area contributed by atoms with Crippen LogP contribution in [-0.4, -0.2) is 63.6 Å². The molecular weight excluding hydrogens is 512 g/mol. The highest BCUT2D eigenvalue weighted by atomic mass is 35.5. The number of benzene rings is 1. The van der Waals surface area contributed by atoms with E-state index < -0.39 is 11.5 Å². The molecule has 1 saturated heterocycles. The van der Waals surface area contributed by atoms with Gasteiger partial charge in [-0.25, -0.2) is 5.48 Å². The Balaban J connectivity index is 1.36. The zero-order chi connectivity index (χ0) is 26.3. The summed E-state index contributed by atoms with van der Waals surface area (Å²) in [6.07, 6.45) is 7.28. The largest absolute Gasteiger partial charge is 0.497 e. The van der Waals surface area contributed by atoms with E-state index in [1.165, 1.54) is 11.1 Å². The summed E-state index contributed by atoms with van der Waals surface area (Å²) in [5.41, 5.74) is 2.42. The second-order valence-corrected chi connectivity index (χ2v) is 11.0. The van der Waals surface area contributed by atoms with Crippen molar-refractivity contribution in [1.82, 2.24) is 20.3 Å². The SMILES string of the molecule is COc1ccc2ncc(Cl)c(C(O)CCC3(C(=O)NO)CCN(CCCSc4ccncc4)CC3)c2c1. The number of piperidine rings is 1. The number of ether oxygens (including phenoxy) is 1. The molecule has 3 heterocycles. The lowest BCUT2D eigenvalue weighted by Gasteiger charge is -2.40. The summed E-state index contributed by atoms with van der Waals surface area (Å²) < 4.78 is 5.34. The predicted molar refractivity (Wildman–Crippen MR) is 145 cm³/mol. The van der Waals surface area contributed by atoms with Crippen LogP contribution < -0.4 is 10.2 Å². The van der Waals surface area contributed by atoms with E-state index in [0.29, 0.717) is 47.5 Å². The second-order valence-electron chi connectivity index (χ2n) is 9.41. The van der Waals surface area contributed by atoms with Crippen molar-refractivity contribution in [1.29, 1.82) is 0 Å². The topological polar surface area (TPSA) is 108 Å². The summed E-state index contributed by atoms with van der Waals surface area (Å²) in [7, 11) is 1.58. The van der Waals surface area contributed by atoms with Gasteiger partial charge in [0.2, 0.25) is 5.91 Å². The summed E-state index contributed by atoms with van der Waals surface area (Å²) in [5, 5.41) is 21.8. The number of rotatable bonds is 11. The van der Waals surface area contributed by atoms with Crippen LogP contribution in [0, 0.1) is 5.41 Å². The Morgan fingerprint density at radius 3 is 2.73 bits per heavy atom. The number of fused-ring (bicyclic) bond motifs is 1. The minimum absolute atomic E-state index is 0.325. The molecule has 198 valence electrons. The first kappa shape index (κ1) is 27.6. The highest BCUT2D eigenvalue weighted by molar-refractivity contribution is 7.99. The van der Waals surface area contributed by atoms with Gasteiger partial charge < -0.3 is 14.7 Å². The van der Waals surface area contributed by atoms with Crippen LogP contribution in [0.4, 0.5) is 0 Å². The van der Waals surface area contributed by atoms with E-state index >= 15 is 0 Å². The number of aromatic nitrogens is 2. The fourth-order valence-corrected chi connectivity index (χ4v) is 6.12. The van der Waals surface area contributed by atoms with Crippen molar-refractivity contribution >= 4 is 40.2 Å². The minimum Gasteiger partial charge on any atom is -0.497 e. The highest BCUT2D eigenvalue weighted by Gasteiger charge is 2.41. The van der Waals surface area contributed by atoms with E-state index in [2.05, 4.69) is 14.9 Å². The van der Waals surface area contributed by atoms with Crippen LogP contribution in [0.3, 0.4) is 0 Å². The predicted octanol–water partition coefficient (Wildman–Crippen LogP) is 4.88. The molecule has 2 aromatic heterocycles. The molecule has 37 heavy (non-hydrogen) atoms. The third-order valence-corrected chi connectivity index (χ3v) is 8.63. The quantitative estimate of drug-likeness (QED) is 0.136. The number of aliphatic hydroxyl groups excluding tert-OH is 1. The molecule has 0 aliphatic carbocycles. The summed E-state index contributed by atoms with van der Waals surface area (Å²) in [6, 6.07) is 9.48. The summed E-state index contributed by atoms with van der Waals surface area (Å²) >= 11 is 8.28. The van der Waals surface area contributed by atoms with Gasteiger partial charge in [0, 0.05) is 34.4 Å². The molecule has 1 fully saturated rings. The summed E-state index contributed by atoms with van der Waals surface area (Å²) in [5.74, 6) is 1.27. The smallest absolute Gasteiger partial charge is 0.249 e. The molecule has 8 nitrogen and oxygen atoms in total. The molecule has 1 aromatic carbocycles. The average Bonchev–Trinajstić information content (AvgIpc) is 2.94. The first-order valence-electron chi connectivity index (χ1n) is 12.5. The molecule has 3 aromatic rings. The number of pyridine rings is 2. The maximum atomic E-state index is 12.8. The van der Waals surface area contributed by atoms with Gasteiger partial charge in [0.1, 0.15) is 5.75 Å². The first-order valence-corrected chi connectivity index (χ1v) is 13.8. The van der Waals surface area contributed by atoms with Crippen molar-refractivity contribution in [3.8, 4) is 5.75 Å². The summed E-state index contributed by atoms with van der Waals surface area (Å²) in [4.78, 5) is 24.8. The zero-order valence-corrected chi connectivity index (χ0v) is 22.5. The van der Waals surface area contributed by atoms with E-state index in [0.717, 1.165) is 37.2 Å². The molecule has 0 spiro atoms. The van der Waals surface area contributed by atoms with E-state index in [-0.39, 0.29) is 5.91 Å². The van der Waals surface area contributed by atoms with Crippen molar-refractivity contribution < 1.29 is 19.8 Å². The number of hydrogen-bond acceptors (Lipinski definition) is 8. The molecule has 0 bridgehead atoms. The van der Waals surface area contributed by atoms with E-state index in [4.69, 9.17) is 16.3 Å². The van der Waals surface area contributed by atoms with Crippen molar-refractivity contribution in [2.45, 2.75) is 43.1 Å². The number of hydrogen-bond donors (Lipinski definition) is 3. The Morgan fingerprint density at radius 2 is 2.03 bits per heavy atom. The van der Waals surface area contributed by atoms with Gasteiger partial charge in [-0.15, -0.1) is 11.8 Å². The number of halogens is 1. The van der Waals surface area contributed by atoms with E-state index in [1.807, 2.05) is 47.6 Å². The number of carbonyl (C=O) groups excluding carboxylic acids is 1. The van der Waals surface area contributed by atoms with Gasteiger partial charge >= 0.3 is 0 Å². The van der Waals surface area contributed by atoms with Gasteiger partial charge in [0.25, 0.3) is 0 Å². The van der Waals surface area contributed by atoms with Gasteiger partial charge in [-0.3, -0.25) is 20.0 Å². The lowest BCUT2D eigenvalue weighted by Crippen LogP contribution is -2.48. The average molecular weight is 545 g/mol. The Morgan fingerprint density at radius 1 is 1.27 bits per heavy atom. The molecule has 1 aliphatic heterocycles. The van der Waals surface area contributed by atoms with Crippen LogP contribution in [-0.2, 0) is 4.79 Å². The third-order valence-electron chi connectivity index (χ3n) is 7.23. The Kier molecular flexibility index (Phi) is 9.61. The Hall–Kier alpha value is -2.43. The molecule has 3 N–H and O–H groups in total. The first-order chi connectivity index (χ1) is 18.0. The number of amides is 1. The Bertz CT molecular complexity index is 1190. The molecular formula is C27H33ClN4O4S. The number of likely N-dealkylation sites (tertiary alicyclic amines) is 1. The molecule has 0 radical (unpaired) electrons. The molecule has 1 amide bonds.